The van der Waals surface area contributed by atoms with Crippen LogP contribution in [0.5, 0.6) is 0 Å². The number of aromatic nitrogens is 1. The van der Waals surface area contributed by atoms with Gasteiger partial charge in [0.15, 0.2) is 0 Å². The van der Waals surface area contributed by atoms with Crippen molar-refractivity contribution in [1.29, 1.82) is 0 Å². The predicted octanol–water partition coefficient (Wildman–Crippen LogP) is 6.31. The Labute approximate surface area is 181 Å². The molecule has 3 aromatic rings. The van der Waals surface area contributed by atoms with Crippen LogP contribution in [0, 0.1) is 11.6 Å². The molecule has 12 heteroatoms. The van der Waals surface area contributed by atoms with E-state index in [0.717, 1.165) is 36.5 Å². The lowest BCUT2D eigenvalue weighted by Crippen LogP contribution is -2.35. The summed E-state index contributed by atoms with van der Waals surface area (Å²) in [7, 11) is 0. The minimum Gasteiger partial charge on any atom is -0.325 e. The van der Waals surface area contributed by atoms with Crippen molar-refractivity contribution in [2.75, 3.05) is 5.32 Å². The van der Waals surface area contributed by atoms with E-state index in [4.69, 9.17) is 0 Å². The molecule has 3 rings (SSSR count). The molecule has 0 radical (unpaired) electrons. The van der Waals surface area contributed by atoms with Crippen molar-refractivity contribution < 1.29 is 39.9 Å². The zero-order valence-corrected chi connectivity index (χ0v) is 16.2. The van der Waals surface area contributed by atoms with Crippen LogP contribution in [0.25, 0.3) is 0 Å². The van der Waals surface area contributed by atoms with E-state index in [9.17, 15) is 39.9 Å². The first kappa shape index (κ1) is 24.0. The first-order valence-corrected chi connectivity index (χ1v) is 9.07. The smallest absolute Gasteiger partial charge is 0.325 e. The van der Waals surface area contributed by atoms with Crippen LogP contribution in [0.4, 0.5) is 45.6 Å². The Kier molecular flexibility index (Phi) is 6.56. The lowest BCUT2D eigenvalue weighted by molar-refractivity contribution is -0.139. The minimum absolute atomic E-state index is 0.146. The Bertz CT molecular complexity index is 1120. The number of nitrogens with zero attached hydrogens (tertiary/aromatic N) is 1. The summed E-state index contributed by atoms with van der Waals surface area (Å²) in [6.45, 7) is 0. The van der Waals surface area contributed by atoms with E-state index in [1.54, 1.807) is 0 Å². The highest BCUT2D eigenvalue weighted by molar-refractivity contribution is 5.89. The molecule has 1 heterocycles. The molecule has 33 heavy (non-hydrogen) atoms. The number of amides is 2. The summed E-state index contributed by atoms with van der Waals surface area (Å²) in [5.41, 5.74) is -3.46. The van der Waals surface area contributed by atoms with Gasteiger partial charge in [-0.3, -0.25) is 4.98 Å². The highest BCUT2D eigenvalue weighted by Crippen LogP contribution is 2.36. The van der Waals surface area contributed by atoms with Crippen LogP contribution in [0.3, 0.4) is 0 Å². The normalized spacial score (nSPS) is 12.8. The zero-order valence-electron chi connectivity index (χ0n) is 16.2. The van der Waals surface area contributed by atoms with Gasteiger partial charge < -0.3 is 10.6 Å². The van der Waals surface area contributed by atoms with E-state index in [0.29, 0.717) is 24.3 Å². The fraction of sp³-hybridized carbons (Fsp3) is 0.143. The second-order valence-corrected chi connectivity index (χ2v) is 6.74. The van der Waals surface area contributed by atoms with Gasteiger partial charge in [-0.05, 0) is 42.0 Å². The Morgan fingerprint density at radius 3 is 2.00 bits per heavy atom. The molecule has 2 amide bonds. The third-order valence-electron chi connectivity index (χ3n) is 4.38. The number of carbonyl (C=O) groups excluding carboxylic acids is 1. The zero-order chi connectivity index (χ0) is 24.4. The Balaban J connectivity index is 2.00. The van der Waals surface area contributed by atoms with Crippen LogP contribution in [-0.4, -0.2) is 11.0 Å². The predicted molar refractivity (Wildman–Crippen MR) is 101 cm³/mol. The van der Waals surface area contributed by atoms with Crippen LogP contribution < -0.4 is 10.6 Å². The van der Waals surface area contributed by atoms with Gasteiger partial charge in [0.2, 0.25) is 0 Å². The number of alkyl halides is 6. The molecule has 1 aromatic heterocycles. The molecule has 174 valence electrons. The third-order valence-corrected chi connectivity index (χ3v) is 4.38. The number of benzene rings is 2. The number of urea groups is 1. The van der Waals surface area contributed by atoms with Crippen LogP contribution in [0.15, 0.2) is 60.8 Å². The molecule has 0 aliphatic rings. The molecule has 2 N–H and O–H groups in total. The third kappa shape index (κ3) is 5.96. The number of nitrogens with one attached hydrogen (secondary N) is 2. The fourth-order valence-electron chi connectivity index (χ4n) is 2.99. The monoisotopic (exact) mass is 475 g/mol. The quantitative estimate of drug-likeness (QED) is 0.435. The first-order valence-electron chi connectivity index (χ1n) is 9.07. The molecule has 0 unspecified atom stereocenters. The lowest BCUT2D eigenvalue weighted by atomic mass is 9.98. The standard InChI is InChI=1S/C21H13F8N3O/c22-13-8-14(23)10-15(9-13)31-19(33)32-17(11-3-5-12(6-4-11)20(24,25)26)18-16(21(27,28)29)2-1-7-30-18/h1-10,17H,(H2,31,32,33)/t17-/m0/s1. The summed E-state index contributed by atoms with van der Waals surface area (Å²) in [4.78, 5) is 16.1. The second-order valence-electron chi connectivity index (χ2n) is 6.74. The second kappa shape index (κ2) is 9.04. The number of rotatable bonds is 4. The molecule has 0 fully saturated rings. The van der Waals surface area contributed by atoms with E-state index in [1.165, 1.54) is 0 Å². The van der Waals surface area contributed by atoms with Gasteiger partial charge >= 0.3 is 18.4 Å². The topological polar surface area (TPSA) is 54.0 Å². The highest BCUT2D eigenvalue weighted by Gasteiger charge is 2.37. The van der Waals surface area contributed by atoms with E-state index < -0.39 is 52.9 Å². The molecular weight excluding hydrogens is 462 g/mol. The van der Waals surface area contributed by atoms with Gasteiger partial charge in [0.25, 0.3) is 0 Å². The largest absolute Gasteiger partial charge is 0.418 e. The Morgan fingerprint density at radius 2 is 1.45 bits per heavy atom. The van der Waals surface area contributed by atoms with Crippen molar-refractivity contribution in [3.05, 3.63) is 94.8 Å². The van der Waals surface area contributed by atoms with Gasteiger partial charge in [0, 0.05) is 18.0 Å². The maximum absolute atomic E-state index is 13.5. The number of halogens is 8. The molecular formula is C21H13F8N3O. The van der Waals surface area contributed by atoms with Crippen LogP contribution >= 0.6 is 0 Å². The molecule has 2 aromatic carbocycles. The first-order chi connectivity index (χ1) is 15.3. The van der Waals surface area contributed by atoms with Gasteiger partial charge in [-0.25, -0.2) is 13.6 Å². The summed E-state index contributed by atoms with van der Waals surface area (Å²) >= 11 is 0. The van der Waals surface area contributed by atoms with Crippen LogP contribution in [-0.2, 0) is 12.4 Å². The summed E-state index contributed by atoms with van der Waals surface area (Å²) in [5.74, 6) is -2.04. The van der Waals surface area contributed by atoms with Crippen molar-refractivity contribution in [3.8, 4) is 0 Å². The number of carbonyl (C=O) groups is 1. The van der Waals surface area contributed by atoms with Crippen LogP contribution in [0.1, 0.15) is 28.4 Å². The van der Waals surface area contributed by atoms with Crippen molar-refractivity contribution in [2.24, 2.45) is 0 Å². The van der Waals surface area contributed by atoms with E-state index in [2.05, 4.69) is 15.6 Å². The maximum Gasteiger partial charge on any atom is 0.418 e. The highest BCUT2D eigenvalue weighted by atomic mass is 19.4. The lowest BCUT2D eigenvalue weighted by Gasteiger charge is -2.23. The van der Waals surface area contributed by atoms with Crippen LogP contribution in [0.2, 0.25) is 0 Å². The molecule has 0 aliphatic carbocycles. The van der Waals surface area contributed by atoms with Crippen molar-refractivity contribution >= 4 is 11.7 Å². The van der Waals surface area contributed by atoms with E-state index in [1.807, 2.05) is 0 Å². The van der Waals surface area contributed by atoms with Gasteiger partial charge in [0.05, 0.1) is 22.9 Å². The number of hydrogen-bond donors (Lipinski definition) is 2. The summed E-state index contributed by atoms with van der Waals surface area (Å²) in [6.07, 6.45) is -8.57. The van der Waals surface area contributed by atoms with Gasteiger partial charge in [-0.2, -0.15) is 26.3 Å². The molecule has 0 spiro atoms. The number of hydrogen-bond acceptors (Lipinski definition) is 2. The van der Waals surface area contributed by atoms with Crippen molar-refractivity contribution in [2.45, 2.75) is 18.4 Å². The minimum atomic E-state index is -4.89. The summed E-state index contributed by atoms with van der Waals surface area (Å²) in [5, 5.41) is 4.24. The van der Waals surface area contributed by atoms with E-state index >= 15 is 0 Å². The summed E-state index contributed by atoms with van der Waals surface area (Å²) < 4.78 is 106. The van der Waals surface area contributed by atoms with Crippen molar-refractivity contribution in [3.63, 3.8) is 0 Å². The van der Waals surface area contributed by atoms with Gasteiger partial charge in [-0.15, -0.1) is 0 Å². The summed E-state index contributed by atoms with van der Waals surface area (Å²) in [6, 6.07) is 4.00. The average Bonchev–Trinajstić information content (AvgIpc) is 2.70. The SMILES string of the molecule is O=C(Nc1cc(F)cc(F)c1)N[C@@H](c1ccc(C(F)(F)F)cc1)c1ncccc1C(F)(F)F. The van der Waals surface area contributed by atoms with Gasteiger partial charge in [-0.1, -0.05) is 12.1 Å². The number of anilines is 1. The Morgan fingerprint density at radius 1 is 0.848 bits per heavy atom. The fourth-order valence-corrected chi connectivity index (χ4v) is 2.99. The average molecular weight is 475 g/mol. The molecule has 0 aliphatic heterocycles. The van der Waals surface area contributed by atoms with Gasteiger partial charge in [0.1, 0.15) is 11.6 Å². The molecule has 0 saturated carbocycles. The Hall–Kier alpha value is -3.70. The van der Waals surface area contributed by atoms with E-state index in [-0.39, 0.29) is 11.3 Å². The molecule has 4 nitrogen and oxygen atoms in total. The maximum atomic E-state index is 13.5. The molecule has 1 atom stereocenters. The number of pyridine rings is 1. The molecule has 0 saturated heterocycles. The molecule has 0 bridgehead atoms. The van der Waals surface area contributed by atoms with Crippen molar-refractivity contribution in [1.82, 2.24) is 10.3 Å².